The SMILES string of the molecule is COc1cc(OC)c([C@@H]2C3=C(CN(C(C)=O)C3=O)Nc3cccc4c3c2cn4CCC(C)C)cc1OC. The Kier molecular flexibility index (Phi) is 6.35. The van der Waals surface area contributed by atoms with Crippen LogP contribution in [0, 0.1) is 5.92 Å². The molecular formula is C29H33N3O5. The number of anilines is 1. The highest BCUT2D eigenvalue weighted by atomic mass is 16.5. The topological polar surface area (TPSA) is 82.0 Å². The van der Waals surface area contributed by atoms with E-state index in [0.29, 0.717) is 28.7 Å². The van der Waals surface area contributed by atoms with Crippen molar-refractivity contribution < 1.29 is 23.8 Å². The number of methoxy groups -OCH3 is 3. The average molecular weight is 504 g/mol. The van der Waals surface area contributed by atoms with Crippen molar-refractivity contribution in [3.05, 3.63) is 58.9 Å². The van der Waals surface area contributed by atoms with E-state index in [0.717, 1.165) is 46.4 Å². The zero-order valence-corrected chi connectivity index (χ0v) is 22.2. The number of aromatic nitrogens is 1. The van der Waals surface area contributed by atoms with Crippen molar-refractivity contribution in [1.82, 2.24) is 9.47 Å². The number of carbonyl (C=O) groups excluding carboxylic acids is 2. The van der Waals surface area contributed by atoms with E-state index >= 15 is 0 Å². The van der Waals surface area contributed by atoms with Crippen LogP contribution in [0.1, 0.15) is 44.2 Å². The molecule has 8 nitrogen and oxygen atoms in total. The molecule has 0 bridgehead atoms. The van der Waals surface area contributed by atoms with Crippen LogP contribution in [0.15, 0.2) is 47.8 Å². The number of ether oxygens (including phenoxy) is 3. The Morgan fingerprint density at radius 2 is 1.76 bits per heavy atom. The molecule has 1 atom stereocenters. The number of hydrogen-bond donors (Lipinski definition) is 1. The molecular weight excluding hydrogens is 470 g/mol. The van der Waals surface area contributed by atoms with E-state index in [9.17, 15) is 9.59 Å². The molecule has 2 aliphatic heterocycles. The molecule has 37 heavy (non-hydrogen) atoms. The second kappa shape index (κ2) is 9.50. The van der Waals surface area contributed by atoms with Crippen molar-refractivity contribution in [2.24, 2.45) is 5.92 Å². The summed E-state index contributed by atoms with van der Waals surface area (Å²) in [5, 5.41) is 4.58. The molecule has 1 aromatic heterocycles. The summed E-state index contributed by atoms with van der Waals surface area (Å²) in [4.78, 5) is 27.5. The van der Waals surface area contributed by atoms with Crippen molar-refractivity contribution in [3.63, 3.8) is 0 Å². The van der Waals surface area contributed by atoms with Crippen LogP contribution in [0.2, 0.25) is 0 Å². The number of carbonyl (C=O) groups is 2. The van der Waals surface area contributed by atoms with Gasteiger partial charge in [-0.3, -0.25) is 14.5 Å². The Morgan fingerprint density at radius 1 is 1.05 bits per heavy atom. The third-order valence-corrected chi connectivity index (χ3v) is 7.31. The van der Waals surface area contributed by atoms with Crippen LogP contribution in [0.5, 0.6) is 17.2 Å². The third-order valence-electron chi connectivity index (χ3n) is 7.31. The summed E-state index contributed by atoms with van der Waals surface area (Å²) < 4.78 is 19.3. The first-order chi connectivity index (χ1) is 17.8. The minimum Gasteiger partial charge on any atom is -0.496 e. The molecule has 0 aliphatic carbocycles. The Balaban J connectivity index is 1.81. The van der Waals surface area contributed by atoms with Gasteiger partial charge < -0.3 is 24.1 Å². The predicted molar refractivity (Wildman–Crippen MR) is 142 cm³/mol. The monoisotopic (exact) mass is 503 g/mol. The molecule has 3 aromatic rings. The fourth-order valence-corrected chi connectivity index (χ4v) is 5.46. The van der Waals surface area contributed by atoms with Gasteiger partial charge in [-0.1, -0.05) is 19.9 Å². The van der Waals surface area contributed by atoms with E-state index in [2.05, 4.69) is 36.0 Å². The van der Waals surface area contributed by atoms with Crippen molar-refractivity contribution in [2.75, 3.05) is 33.2 Å². The van der Waals surface area contributed by atoms with Crippen molar-refractivity contribution in [2.45, 2.75) is 39.7 Å². The maximum absolute atomic E-state index is 13.8. The van der Waals surface area contributed by atoms with Crippen LogP contribution < -0.4 is 19.5 Å². The van der Waals surface area contributed by atoms with E-state index < -0.39 is 5.92 Å². The Bertz CT molecular complexity index is 1440. The normalized spacial score (nSPS) is 16.7. The molecule has 0 fully saturated rings. The van der Waals surface area contributed by atoms with Crippen molar-refractivity contribution in [1.29, 1.82) is 0 Å². The van der Waals surface area contributed by atoms with Crippen LogP contribution in [0.25, 0.3) is 10.9 Å². The predicted octanol–water partition coefficient (Wildman–Crippen LogP) is 4.91. The summed E-state index contributed by atoms with van der Waals surface area (Å²) in [5.41, 5.74) is 5.04. The van der Waals surface area contributed by atoms with Crippen molar-refractivity contribution >= 4 is 28.4 Å². The van der Waals surface area contributed by atoms with Gasteiger partial charge in [0.25, 0.3) is 5.91 Å². The maximum atomic E-state index is 13.8. The highest BCUT2D eigenvalue weighted by molar-refractivity contribution is 6.11. The van der Waals surface area contributed by atoms with Gasteiger partial charge in [-0.15, -0.1) is 0 Å². The maximum Gasteiger partial charge on any atom is 0.259 e. The smallest absolute Gasteiger partial charge is 0.259 e. The summed E-state index contributed by atoms with van der Waals surface area (Å²) in [6, 6.07) is 9.83. The number of benzene rings is 2. The number of aryl methyl sites for hydroxylation is 1. The van der Waals surface area contributed by atoms with Gasteiger partial charge in [0.05, 0.1) is 39.0 Å². The molecule has 0 saturated heterocycles. The molecule has 2 aliphatic rings. The number of hydrogen-bond acceptors (Lipinski definition) is 6. The van der Waals surface area contributed by atoms with Gasteiger partial charge >= 0.3 is 0 Å². The highest BCUT2D eigenvalue weighted by Crippen LogP contribution is 2.50. The first-order valence-electron chi connectivity index (χ1n) is 12.5. The molecule has 1 N–H and O–H groups in total. The van der Waals surface area contributed by atoms with Crippen LogP contribution in [0.4, 0.5) is 5.69 Å². The molecule has 2 amide bonds. The summed E-state index contributed by atoms with van der Waals surface area (Å²) in [7, 11) is 4.76. The van der Waals surface area contributed by atoms with Crippen LogP contribution in [-0.2, 0) is 16.1 Å². The van der Waals surface area contributed by atoms with E-state index in [1.54, 1.807) is 27.4 Å². The molecule has 194 valence electrons. The summed E-state index contributed by atoms with van der Waals surface area (Å²) in [6.45, 7) is 6.90. The molecule has 8 heteroatoms. The largest absolute Gasteiger partial charge is 0.496 e. The zero-order chi connectivity index (χ0) is 26.4. The van der Waals surface area contributed by atoms with Gasteiger partial charge in [0.1, 0.15) is 5.75 Å². The number of imide groups is 1. The second-order valence-corrected chi connectivity index (χ2v) is 9.97. The Hall–Kier alpha value is -3.94. The molecule has 2 aromatic carbocycles. The summed E-state index contributed by atoms with van der Waals surface area (Å²) in [5.74, 6) is 1.12. The summed E-state index contributed by atoms with van der Waals surface area (Å²) in [6.07, 6.45) is 3.18. The van der Waals surface area contributed by atoms with Gasteiger partial charge in [-0.05, 0) is 36.1 Å². The van der Waals surface area contributed by atoms with E-state index in [-0.39, 0.29) is 18.4 Å². The molecule has 0 saturated carbocycles. The van der Waals surface area contributed by atoms with Crippen LogP contribution >= 0.6 is 0 Å². The van der Waals surface area contributed by atoms with Crippen molar-refractivity contribution in [3.8, 4) is 17.2 Å². The molecule has 0 spiro atoms. The van der Waals surface area contributed by atoms with Crippen LogP contribution in [0.3, 0.4) is 0 Å². The quantitative estimate of drug-likeness (QED) is 0.493. The number of rotatable bonds is 7. The lowest BCUT2D eigenvalue weighted by Crippen LogP contribution is -2.33. The number of nitrogens with zero attached hydrogens (tertiary/aromatic N) is 2. The van der Waals surface area contributed by atoms with Gasteiger partial charge in [0, 0.05) is 54.0 Å². The summed E-state index contributed by atoms with van der Waals surface area (Å²) >= 11 is 0. The van der Waals surface area contributed by atoms with Gasteiger partial charge in [0.2, 0.25) is 5.91 Å². The Labute approximate surface area is 216 Å². The Morgan fingerprint density at radius 3 is 2.41 bits per heavy atom. The van der Waals surface area contributed by atoms with Crippen LogP contribution in [-0.4, -0.2) is 49.2 Å². The molecule has 0 radical (unpaired) electrons. The fourth-order valence-electron chi connectivity index (χ4n) is 5.46. The van der Waals surface area contributed by atoms with E-state index in [4.69, 9.17) is 14.2 Å². The number of amides is 2. The first-order valence-corrected chi connectivity index (χ1v) is 12.5. The third kappa shape index (κ3) is 4.00. The highest BCUT2D eigenvalue weighted by Gasteiger charge is 2.43. The second-order valence-electron chi connectivity index (χ2n) is 9.97. The van der Waals surface area contributed by atoms with Gasteiger partial charge in [-0.2, -0.15) is 0 Å². The number of nitrogens with one attached hydrogen (secondary N) is 1. The average Bonchev–Trinajstić information content (AvgIpc) is 3.36. The van der Waals surface area contributed by atoms with E-state index in [1.165, 1.54) is 11.8 Å². The lowest BCUT2D eigenvalue weighted by atomic mass is 9.83. The van der Waals surface area contributed by atoms with E-state index in [1.807, 2.05) is 18.2 Å². The molecule has 0 unspecified atom stereocenters. The molecule has 3 heterocycles. The van der Waals surface area contributed by atoms with Gasteiger partial charge in [-0.25, -0.2) is 0 Å². The fraction of sp³-hybridized carbons (Fsp3) is 0.379. The van der Waals surface area contributed by atoms with Gasteiger partial charge in [0.15, 0.2) is 11.5 Å². The lowest BCUT2D eigenvalue weighted by molar-refractivity contribution is -0.139. The lowest BCUT2D eigenvalue weighted by Gasteiger charge is -2.23. The molecule has 5 rings (SSSR count). The minimum atomic E-state index is -0.486. The minimum absolute atomic E-state index is 0.198. The first kappa shape index (κ1) is 24.7. The zero-order valence-electron chi connectivity index (χ0n) is 22.2. The standard InChI is InChI=1S/C29H33N3O5/c1-16(2)10-11-31-14-19-26(18-12-24(36-5)25(37-6)13-23(18)35-4)28-21(15-32(17(3)33)29(28)34)30-20-8-7-9-22(31)27(19)20/h7-9,12-14,16,26,30H,10-11,15H2,1-6H3/t26-/m0/s1.